The van der Waals surface area contributed by atoms with Gasteiger partial charge in [0.2, 0.25) is 0 Å². The van der Waals surface area contributed by atoms with Gasteiger partial charge in [-0.25, -0.2) is 0 Å². The summed E-state index contributed by atoms with van der Waals surface area (Å²) >= 11 is 0. The van der Waals surface area contributed by atoms with Crippen LogP contribution < -0.4 is 10.6 Å². The van der Waals surface area contributed by atoms with Gasteiger partial charge < -0.3 is 15.4 Å². The van der Waals surface area contributed by atoms with Gasteiger partial charge in [-0.1, -0.05) is 30.3 Å². The lowest BCUT2D eigenvalue weighted by Crippen LogP contribution is -2.48. The third-order valence-electron chi connectivity index (χ3n) is 3.95. The number of nitrogens with one attached hydrogen (secondary N) is 2. The van der Waals surface area contributed by atoms with Crippen molar-refractivity contribution in [1.82, 2.24) is 15.5 Å². The maximum Gasteiger partial charge on any atom is 0.309 e. The standard InChI is InChI=1S/C19H29N3O3/c1-19(2,3)21-18(24)17(23)20-10-7-11-22-12-13-25-16(14-22)15-8-5-4-6-9-15/h4-6,8-9,16H,7,10-14H2,1-3H3,(H,20,23)(H,21,24)/t16-/m0/s1. The van der Waals surface area contributed by atoms with Gasteiger partial charge in [0.15, 0.2) is 0 Å². The van der Waals surface area contributed by atoms with Crippen molar-refractivity contribution >= 4 is 11.8 Å². The Morgan fingerprint density at radius 2 is 1.92 bits per heavy atom. The van der Waals surface area contributed by atoms with Crippen LogP contribution in [0, 0.1) is 0 Å². The Morgan fingerprint density at radius 3 is 2.60 bits per heavy atom. The molecule has 0 aliphatic carbocycles. The molecule has 1 aromatic carbocycles. The molecule has 0 bridgehead atoms. The average Bonchev–Trinajstić information content (AvgIpc) is 2.58. The molecule has 1 fully saturated rings. The van der Waals surface area contributed by atoms with Crippen molar-refractivity contribution in [3.05, 3.63) is 35.9 Å². The monoisotopic (exact) mass is 347 g/mol. The van der Waals surface area contributed by atoms with Gasteiger partial charge in [0.05, 0.1) is 12.7 Å². The van der Waals surface area contributed by atoms with Crippen molar-refractivity contribution < 1.29 is 14.3 Å². The Bertz CT molecular complexity index is 569. The number of nitrogens with zero attached hydrogens (tertiary/aromatic N) is 1. The molecule has 0 radical (unpaired) electrons. The van der Waals surface area contributed by atoms with Crippen molar-refractivity contribution in [2.75, 3.05) is 32.8 Å². The Hall–Kier alpha value is -1.92. The maximum atomic E-state index is 11.8. The molecule has 2 N–H and O–H groups in total. The Balaban J connectivity index is 1.68. The number of benzene rings is 1. The first-order valence-electron chi connectivity index (χ1n) is 8.84. The summed E-state index contributed by atoms with van der Waals surface area (Å²) < 4.78 is 5.85. The van der Waals surface area contributed by atoms with Gasteiger partial charge in [0.1, 0.15) is 0 Å². The lowest BCUT2D eigenvalue weighted by molar-refractivity contribution is -0.140. The van der Waals surface area contributed by atoms with Crippen LogP contribution in [0.4, 0.5) is 0 Å². The van der Waals surface area contributed by atoms with E-state index in [0.717, 1.165) is 26.1 Å². The van der Waals surface area contributed by atoms with E-state index in [-0.39, 0.29) is 6.10 Å². The van der Waals surface area contributed by atoms with Crippen LogP contribution >= 0.6 is 0 Å². The second kappa shape index (κ2) is 8.97. The predicted octanol–water partition coefficient (Wildman–Crippen LogP) is 1.48. The quantitative estimate of drug-likeness (QED) is 0.625. The first kappa shape index (κ1) is 19.4. The molecule has 1 saturated heterocycles. The van der Waals surface area contributed by atoms with E-state index < -0.39 is 17.4 Å². The summed E-state index contributed by atoms with van der Waals surface area (Å²) in [6.07, 6.45) is 0.901. The summed E-state index contributed by atoms with van der Waals surface area (Å²) in [5, 5.41) is 5.33. The van der Waals surface area contributed by atoms with Gasteiger partial charge in [0, 0.05) is 31.7 Å². The van der Waals surface area contributed by atoms with Crippen molar-refractivity contribution in [3.63, 3.8) is 0 Å². The van der Waals surface area contributed by atoms with Crippen molar-refractivity contribution in [1.29, 1.82) is 0 Å². The second-order valence-corrected chi connectivity index (χ2v) is 7.38. The van der Waals surface area contributed by atoms with Crippen molar-refractivity contribution in [2.45, 2.75) is 38.8 Å². The molecule has 0 aromatic heterocycles. The number of carbonyl (C=O) groups is 2. The minimum Gasteiger partial charge on any atom is -0.371 e. The summed E-state index contributed by atoms with van der Waals surface area (Å²) in [5.41, 5.74) is 0.786. The van der Waals surface area contributed by atoms with Crippen LogP contribution in [0.2, 0.25) is 0 Å². The minimum atomic E-state index is -0.581. The van der Waals surface area contributed by atoms with E-state index in [9.17, 15) is 9.59 Å². The van der Waals surface area contributed by atoms with E-state index in [1.165, 1.54) is 5.56 Å². The van der Waals surface area contributed by atoms with E-state index in [4.69, 9.17) is 4.74 Å². The number of carbonyl (C=O) groups excluding carboxylic acids is 2. The largest absolute Gasteiger partial charge is 0.371 e. The van der Waals surface area contributed by atoms with Crippen LogP contribution in [0.5, 0.6) is 0 Å². The lowest BCUT2D eigenvalue weighted by atomic mass is 10.1. The van der Waals surface area contributed by atoms with Gasteiger partial charge in [0.25, 0.3) is 0 Å². The van der Waals surface area contributed by atoms with Gasteiger partial charge >= 0.3 is 11.8 Å². The number of morpholine rings is 1. The molecule has 0 saturated carbocycles. The number of hydrogen-bond donors (Lipinski definition) is 2. The zero-order valence-corrected chi connectivity index (χ0v) is 15.4. The summed E-state index contributed by atoms with van der Waals surface area (Å²) in [4.78, 5) is 25.8. The molecule has 1 aromatic rings. The van der Waals surface area contributed by atoms with E-state index in [2.05, 4.69) is 27.7 Å². The topological polar surface area (TPSA) is 70.7 Å². The van der Waals surface area contributed by atoms with E-state index >= 15 is 0 Å². The van der Waals surface area contributed by atoms with Crippen LogP contribution in [0.1, 0.15) is 38.9 Å². The fourth-order valence-electron chi connectivity index (χ4n) is 2.76. The molecule has 138 valence electrons. The maximum absolute atomic E-state index is 11.8. The molecule has 1 aliphatic heterocycles. The van der Waals surface area contributed by atoms with Crippen LogP contribution in [0.3, 0.4) is 0 Å². The van der Waals surface area contributed by atoms with Crippen LogP contribution in [0.15, 0.2) is 30.3 Å². The molecule has 0 unspecified atom stereocenters. The molecular weight excluding hydrogens is 318 g/mol. The van der Waals surface area contributed by atoms with Crippen LogP contribution in [-0.4, -0.2) is 55.0 Å². The molecule has 6 nitrogen and oxygen atoms in total. The summed E-state index contributed by atoms with van der Waals surface area (Å²) in [6, 6.07) is 10.2. The van der Waals surface area contributed by atoms with E-state index in [0.29, 0.717) is 13.2 Å². The molecule has 1 heterocycles. The van der Waals surface area contributed by atoms with Gasteiger partial charge in [-0.2, -0.15) is 0 Å². The van der Waals surface area contributed by atoms with Crippen LogP contribution in [0.25, 0.3) is 0 Å². The first-order valence-corrected chi connectivity index (χ1v) is 8.84. The predicted molar refractivity (Wildman–Crippen MR) is 97.1 cm³/mol. The molecule has 25 heavy (non-hydrogen) atoms. The van der Waals surface area contributed by atoms with E-state index in [1.807, 2.05) is 39.0 Å². The average molecular weight is 347 g/mol. The Labute approximate surface area is 149 Å². The fourth-order valence-corrected chi connectivity index (χ4v) is 2.76. The van der Waals surface area contributed by atoms with Crippen LogP contribution in [-0.2, 0) is 14.3 Å². The highest BCUT2D eigenvalue weighted by Gasteiger charge is 2.22. The molecule has 6 heteroatoms. The number of hydrogen-bond acceptors (Lipinski definition) is 4. The van der Waals surface area contributed by atoms with Gasteiger partial charge in [-0.05, 0) is 32.8 Å². The van der Waals surface area contributed by atoms with Crippen molar-refractivity contribution in [3.8, 4) is 0 Å². The third-order valence-corrected chi connectivity index (χ3v) is 3.95. The second-order valence-electron chi connectivity index (χ2n) is 7.38. The normalized spacial score (nSPS) is 18.6. The molecular formula is C19H29N3O3. The lowest BCUT2D eigenvalue weighted by Gasteiger charge is -2.33. The van der Waals surface area contributed by atoms with E-state index in [1.54, 1.807) is 0 Å². The molecule has 2 amide bonds. The minimum absolute atomic E-state index is 0.0992. The third kappa shape index (κ3) is 6.84. The summed E-state index contributed by atoms with van der Waals surface area (Å²) in [6.45, 7) is 9.35. The van der Waals surface area contributed by atoms with Gasteiger partial charge in [-0.15, -0.1) is 0 Å². The molecule has 1 atom stereocenters. The summed E-state index contributed by atoms with van der Waals surface area (Å²) in [7, 11) is 0. The van der Waals surface area contributed by atoms with Crippen molar-refractivity contribution in [2.24, 2.45) is 0 Å². The molecule has 2 rings (SSSR count). The number of amides is 2. The van der Waals surface area contributed by atoms with Gasteiger partial charge in [-0.3, -0.25) is 14.5 Å². The fraction of sp³-hybridized carbons (Fsp3) is 0.579. The highest BCUT2D eigenvalue weighted by Crippen LogP contribution is 2.21. The summed E-state index contributed by atoms with van der Waals surface area (Å²) in [5.74, 6) is -1.15. The zero-order valence-electron chi connectivity index (χ0n) is 15.4. The number of ether oxygens (including phenoxy) is 1. The SMILES string of the molecule is CC(C)(C)NC(=O)C(=O)NCCCN1CCO[C@H](c2ccccc2)C1. The zero-order chi connectivity index (χ0) is 18.3. The molecule has 1 aliphatic rings. The Kier molecular flexibility index (Phi) is 6.96. The highest BCUT2D eigenvalue weighted by molar-refractivity contribution is 6.35. The molecule has 0 spiro atoms. The smallest absolute Gasteiger partial charge is 0.309 e. The highest BCUT2D eigenvalue weighted by atomic mass is 16.5. The number of rotatable bonds is 5. The first-order chi connectivity index (χ1) is 11.8. The Morgan fingerprint density at radius 1 is 1.20 bits per heavy atom.